The van der Waals surface area contributed by atoms with Crippen molar-refractivity contribution in [1.29, 1.82) is 0 Å². The average molecular weight is 430 g/mol. The van der Waals surface area contributed by atoms with Gasteiger partial charge in [-0.2, -0.15) is 4.68 Å². The molecule has 1 amide bonds. The van der Waals surface area contributed by atoms with E-state index >= 15 is 0 Å². The Morgan fingerprint density at radius 3 is 2.77 bits per heavy atom. The molecule has 0 bridgehead atoms. The van der Waals surface area contributed by atoms with Gasteiger partial charge < -0.3 is 14.5 Å². The quantitative estimate of drug-likeness (QED) is 0.562. The molecule has 2 atom stereocenters. The van der Waals surface area contributed by atoms with E-state index in [0.717, 1.165) is 16.7 Å². The Hall–Kier alpha value is -3.18. The summed E-state index contributed by atoms with van der Waals surface area (Å²) in [6.45, 7) is -0.374. The molecule has 0 spiro atoms. The van der Waals surface area contributed by atoms with Gasteiger partial charge in [0.05, 0.1) is 18.3 Å². The van der Waals surface area contributed by atoms with Crippen LogP contribution in [0.5, 0.6) is 0 Å². The number of nitrogens with zero attached hydrogens (tertiary/aromatic N) is 6. The lowest BCUT2D eigenvalue weighted by molar-refractivity contribution is 0.0761. The lowest BCUT2D eigenvalue weighted by atomic mass is 10.0. The highest BCUT2D eigenvalue weighted by Gasteiger charge is 2.48. The zero-order valence-electron chi connectivity index (χ0n) is 15.3. The van der Waals surface area contributed by atoms with Crippen LogP contribution in [0, 0.1) is 0 Å². The third-order valence-corrected chi connectivity index (χ3v) is 5.54. The van der Waals surface area contributed by atoms with Crippen molar-refractivity contribution in [2.24, 2.45) is 0 Å². The molecule has 0 unspecified atom stereocenters. The largest absolute Gasteiger partial charge is 0.469 e. The van der Waals surface area contributed by atoms with Crippen molar-refractivity contribution < 1.29 is 28.4 Å². The van der Waals surface area contributed by atoms with E-state index in [4.69, 9.17) is 14.5 Å². The first-order valence-electron chi connectivity index (χ1n) is 8.92. The van der Waals surface area contributed by atoms with Crippen LogP contribution in [0.15, 0.2) is 42.9 Å². The van der Waals surface area contributed by atoms with E-state index in [1.165, 1.54) is 15.9 Å². The first-order chi connectivity index (χ1) is 14.4. The molecule has 1 saturated heterocycles. The molecule has 13 heteroatoms. The molecule has 5 rings (SSSR count). The van der Waals surface area contributed by atoms with Gasteiger partial charge in [-0.25, -0.2) is 14.3 Å². The number of rotatable bonds is 5. The highest BCUT2D eigenvalue weighted by atomic mass is 31.2. The minimum Gasteiger partial charge on any atom is -0.441 e. The number of cyclic esters (lactones) is 1. The molecule has 2 aromatic heterocycles. The van der Waals surface area contributed by atoms with Crippen LogP contribution >= 0.6 is 7.82 Å². The molecule has 30 heavy (non-hydrogen) atoms. The fourth-order valence-electron chi connectivity index (χ4n) is 3.73. The van der Waals surface area contributed by atoms with Crippen LogP contribution in [-0.4, -0.2) is 59.8 Å². The lowest BCUT2D eigenvalue weighted by Gasteiger charge is -2.16. The van der Waals surface area contributed by atoms with Gasteiger partial charge in [0.2, 0.25) is 0 Å². The Morgan fingerprint density at radius 2 is 2.07 bits per heavy atom. The summed E-state index contributed by atoms with van der Waals surface area (Å²) in [5.74, 6) is 0.584. The van der Waals surface area contributed by atoms with Gasteiger partial charge in [0.1, 0.15) is 12.4 Å². The van der Waals surface area contributed by atoms with E-state index in [9.17, 15) is 9.36 Å². The first-order valence-corrected chi connectivity index (χ1v) is 10.4. The molecular weight excluding hydrogens is 415 g/mol. The van der Waals surface area contributed by atoms with Crippen LogP contribution in [0.25, 0.3) is 16.9 Å². The van der Waals surface area contributed by atoms with Gasteiger partial charge in [-0.1, -0.05) is 6.07 Å². The van der Waals surface area contributed by atoms with Crippen molar-refractivity contribution in [3.05, 3.63) is 48.4 Å². The molecule has 2 aliphatic heterocycles. The number of anilines is 1. The molecule has 3 aromatic rings. The summed E-state index contributed by atoms with van der Waals surface area (Å²) in [6.07, 6.45) is 2.33. The maximum absolute atomic E-state index is 12.3. The van der Waals surface area contributed by atoms with Gasteiger partial charge in [-0.15, -0.1) is 5.10 Å². The van der Waals surface area contributed by atoms with Crippen LogP contribution < -0.4 is 4.90 Å². The van der Waals surface area contributed by atoms with Crippen LogP contribution in [-0.2, 0) is 20.2 Å². The number of carbonyl (C=O) groups excluding carboxylic acids is 1. The molecule has 1 fully saturated rings. The second-order valence-corrected chi connectivity index (χ2v) is 8.09. The molecule has 1 aromatic carbocycles. The van der Waals surface area contributed by atoms with E-state index in [1.807, 2.05) is 24.3 Å². The molecule has 2 N–H and O–H groups in total. The van der Waals surface area contributed by atoms with Gasteiger partial charge in [-0.05, 0) is 52.2 Å². The summed E-state index contributed by atoms with van der Waals surface area (Å²) in [5, 5.41) is 11.0. The summed E-state index contributed by atoms with van der Waals surface area (Å²) in [4.78, 5) is 36.0. The molecule has 0 aliphatic carbocycles. The number of ether oxygens (including phenoxy) is 1. The molecule has 4 heterocycles. The summed E-state index contributed by atoms with van der Waals surface area (Å²) in [5.41, 5.74) is 3.44. The average Bonchev–Trinajstić information content (AvgIpc) is 3.43. The molecular formula is C17H15N6O6P. The number of hydrogen-bond donors (Lipinski definition) is 2. The van der Waals surface area contributed by atoms with Crippen molar-refractivity contribution in [1.82, 2.24) is 25.2 Å². The smallest absolute Gasteiger partial charge is 0.441 e. The zero-order valence-corrected chi connectivity index (χ0v) is 16.2. The van der Waals surface area contributed by atoms with E-state index in [1.54, 1.807) is 12.3 Å². The Balaban J connectivity index is 1.38. The van der Waals surface area contributed by atoms with E-state index in [-0.39, 0.29) is 12.6 Å². The van der Waals surface area contributed by atoms with E-state index < -0.39 is 20.0 Å². The predicted octanol–water partition coefficient (Wildman–Crippen LogP) is 1.08. The highest BCUT2D eigenvalue weighted by Crippen LogP contribution is 2.42. The normalized spacial score (nSPS) is 20.2. The van der Waals surface area contributed by atoms with Gasteiger partial charge in [0, 0.05) is 11.8 Å². The molecule has 0 saturated carbocycles. The number of phosphoric ester groups is 1. The Bertz CT molecular complexity index is 1150. The third kappa shape index (κ3) is 3.35. The number of pyridine rings is 1. The Labute approximate surface area is 169 Å². The zero-order chi connectivity index (χ0) is 20.9. The molecule has 2 aliphatic rings. The van der Waals surface area contributed by atoms with Crippen molar-refractivity contribution >= 4 is 19.6 Å². The lowest BCUT2D eigenvalue weighted by Crippen LogP contribution is -2.35. The Kier molecular flexibility index (Phi) is 4.36. The number of phosphoric acid groups is 1. The second kappa shape index (κ2) is 6.96. The fraction of sp³-hybridized carbons (Fsp3) is 0.235. The van der Waals surface area contributed by atoms with Crippen molar-refractivity contribution in [3.8, 4) is 16.9 Å². The number of aromatic nitrogens is 5. The molecule has 12 nitrogen and oxygen atoms in total. The molecule has 154 valence electrons. The minimum absolute atomic E-state index is 0.374. The van der Waals surface area contributed by atoms with Gasteiger partial charge in [-0.3, -0.25) is 9.42 Å². The predicted molar refractivity (Wildman–Crippen MR) is 101 cm³/mol. The maximum atomic E-state index is 12.3. The maximum Gasteiger partial charge on any atom is 0.469 e. The number of fused-ring (bicyclic) bond motifs is 3. The van der Waals surface area contributed by atoms with Crippen LogP contribution in [0.4, 0.5) is 10.5 Å². The van der Waals surface area contributed by atoms with Gasteiger partial charge in [0.25, 0.3) is 0 Å². The standard InChI is InChI=1S/C17H15N6O6P/c24-17-23-13-3-1-10(11-2-4-16(18-7-11)22-9-19-20-21-22)5-12(13)6-14(23)15(29-17)8-28-30(25,26)27/h1-5,7,9,14-15H,6,8H2,(H2,25,26,27)/t14-,15-/m0/s1. The first kappa shape index (κ1) is 18.8. The highest BCUT2D eigenvalue weighted by molar-refractivity contribution is 7.46. The van der Waals surface area contributed by atoms with Crippen LogP contribution in [0.2, 0.25) is 0 Å². The summed E-state index contributed by atoms with van der Waals surface area (Å²) >= 11 is 0. The van der Waals surface area contributed by atoms with Crippen LogP contribution in [0.3, 0.4) is 0 Å². The van der Waals surface area contributed by atoms with Gasteiger partial charge >= 0.3 is 13.9 Å². The number of hydrogen-bond acceptors (Lipinski definition) is 8. The number of benzene rings is 1. The summed E-state index contributed by atoms with van der Waals surface area (Å²) in [6, 6.07) is 8.98. The number of amides is 1. The van der Waals surface area contributed by atoms with Crippen molar-refractivity contribution in [2.45, 2.75) is 18.6 Å². The summed E-state index contributed by atoms with van der Waals surface area (Å²) < 4.78 is 22.2. The Morgan fingerprint density at radius 1 is 1.23 bits per heavy atom. The summed E-state index contributed by atoms with van der Waals surface area (Å²) in [7, 11) is -4.65. The second-order valence-electron chi connectivity index (χ2n) is 6.85. The van der Waals surface area contributed by atoms with E-state index in [2.05, 4.69) is 25.0 Å². The van der Waals surface area contributed by atoms with Crippen LogP contribution in [0.1, 0.15) is 5.56 Å². The number of tetrazole rings is 1. The fourth-order valence-corrected chi connectivity index (χ4v) is 4.07. The number of carbonyl (C=O) groups is 1. The topological polar surface area (TPSA) is 153 Å². The third-order valence-electron chi connectivity index (χ3n) is 5.05. The molecule has 0 radical (unpaired) electrons. The monoisotopic (exact) mass is 430 g/mol. The van der Waals surface area contributed by atoms with Gasteiger partial charge in [0.15, 0.2) is 5.82 Å². The van der Waals surface area contributed by atoms with E-state index in [0.29, 0.717) is 17.9 Å². The SMILES string of the molecule is O=C1O[C@@H](COP(=O)(O)O)[C@@H]2Cc3cc(-c4ccc(-n5cnnn5)nc4)ccc3N12. The van der Waals surface area contributed by atoms with Crippen molar-refractivity contribution in [2.75, 3.05) is 11.5 Å². The van der Waals surface area contributed by atoms with Crippen molar-refractivity contribution in [3.63, 3.8) is 0 Å². The minimum atomic E-state index is -4.65.